The van der Waals surface area contributed by atoms with Crippen molar-refractivity contribution in [3.05, 3.63) is 0 Å². The highest BCUT2D eigenvalue weighted by molar-refractivity contribution is 8.00. The number of carbonyl (C=O) groups is 2. The molecule has 2 unspecified atom stereocenters. The number of hydrogen-bond donors (Lipinski definition) is 22. The SMILES string of the molecule is O=C(O)CC(SCCCOCC1O[C@H]2O[C@H]3[C@H](O)[C@@H](O)[C@H](O[C@H]4[C@H](O)[C@@H](O)[C@H](O[C@H]5[C@H](O)[C@@H](O)[C@H](O[C@H]6[C@H](O)[C@@H](O)[C@H](O[C@H]7[C@H](O)[C@@H](O)[C@H](O[C@H]8[C@H](O)[C@@H](O)[C@H](O[C@H]1[C@H](O)[C@H]2O)O[C@@H]8CO)O[C@@H]7CO)O[C@@H]6CO)O[C@@H]5CO)O[C@@H]4CO)O[C@@H]3CO)C(=O)O. The van der Waals surface area contributed by atoms with Crippen molar-refractivity contribution in [1.82, 2.24) is 0 Å². The first-order valence-electron chi connectivity index (χ1n) is 28.3. The van der Waals surface area contributed by atoms with Gasteiger partial charge in [-0.1, -0.05) is 0 Å². The molecule has 40 heteroatoms. The van der Waals surface area contributed by atoms with E-state index in [1.165, 1.54) is 0 Å². The Morgan fingerprint density at radius 1 is 0.326 bits per heavy atom. The van der Waals surface area contributed by atoms with Gasteiger partial charge in [-0.3, -0.25) is 9.59 Å². The molecule has 21 heterocycles. The van der Waals surface area contributed by atoms with Gasteiger partial charge in [0.05, 0.1) is 52.7 Å². The standard InChI is InChI=1S/C49H80O39S/c50-5-12-35-22(59)29(66)44(76-12)84-37-14(7-52)78-46(31(68)24(37)61)86-39-16(9-54)80-48(33(70)26(39)63)88-41-18(11-74-2-1-3-89-19(42(72)73)4-20(56)57)81-49(34(71)27(41)64)87-40-17(10-55)79-47(32(69)25(40)62)85-38-15(8-53)77-45(30(67)23(38)60)83-36-13(6-51)75-43(82-35)28(65)21(36)58/h12-19,21-41,43-55,58-71H,1-11H2,(H,56,57)(H,72,73)/t12-,13-,14-,15-,16-,17-,18?,19?,21-,22-,23-,24-,25-,26-,27-,28-,29-,30-,31-,32-,33-,34-,35-,36-,37-,38-,39-,40-,41-,43+,44+,45+,46+,47+,48+,49+/m1/s1. The van der Waals surface area contributed by atoms with Crippen LogP contribution in [0.25, 0.3) is 0 Å². The molecule has 21 saturated heterocycles. The molecule has 21 fully saturated rings. The Kier molecular flexibility index (Phi) is 26.2. The predicted molar refractivity (Wildman–Crippen MR) is 273 cm³/mol. The van der Waals surface area contributed by atoms with Crippen molar-refractivity contribution in [2.45, 2.75) is 233 Å². The first-order valence-corrected chi connectivity index (χ1v) is 29.4. The second-order valence-corrected chi connectivity index (χ2v) is 23.5. The molecule has 21 aliphatic rings. The van der Waals surface area contributed by atoms with Crippen molar-refractivity contribution in [1.29, 1.82) is 0 Å². The molecule has 21 aliphatic heterocycles. The number of aliphatic hydroxyl groups is 20. The Hall–Kier alpha value is -2.11. The molecule has 22 N–H and O–H groups in total. The van der Waals surface area contributed by atoms with Crippen LogP contribution in [0.15, 0.2) is 0 Å². The molecule has 0 aromatic rings. The molecule has 39 nitrogen and oxygen atoms in total. The predicted octanol–water partition coefficient (Wildman–Crippen LogP) is -14.2. The van der Waals surface area contributed by atoms with Gasteiger partial charge >= 0.3 is 11.9 Å². The third-order valence-electron chi connectivity index (χ3n) is 16.3. The van der Waals surface area contributed by atoms with Gasteiger partial charge in [-0.25, -0.2) is 0 Å². The van der Waals surface area contributed by atoms with Gasteiger partial charge in [0, 0.05) is 6.61 Å². The third kappa shape index (κ3) is 15.9. The lowest BCUT2D eigenvalue weighted by Crippen LogP contribution is -2.68. The van der Waals surface area contributed by atoms with Gasteiger partial charge in [0.15, 0.2) is 44.0 Å². The van der Waals surface area contributed by atoms with Crippen LogP contribution in [0.3, 0.4) is 0 Å². The highest BCUT2D eigenvalue weighted by atomic mass is 32.2. The van der Waals surface area contributed by atoms with Gasteiger partial charge in [0.1, 0.15) is 176 Å². The van der Waals surface area contributed by atoms with Crippen LogP contribution in [0.5, 0.6) is 0 Å². The third-order valence-corrected chi connectivity index (χ3v) is 17.6. The molecule has 0 spiro atoms. The van der Waals surface area contributed by atoms with Gasteiger partial charge in [0.25, 0.3) is 0 Å². The second kappa shape index (κ2) is 32.1. The molecule has 0 aromatic heterocycles. The highest BCUT2D eigenvalue weighted by Crippen LogP contribution is 2.39. The lowest BCUT2D eigenvalue weighted by Gasteiger charge is -2.50. The van der Waals surface area contributed by atoms with E-state index in [-0.39, 0.29) is 18.8 Å². The summed E-state index contributed by atoms with van der Waals surface area (Å²) in [6, 6.07) is 0. The van der Waals surface area contributed by atoms with Crippen LogP contribution in [-0.4, -0.2) is 403 Å². The Morgan fingerprint density at radius 3 is 0.742 bits per heavy atom. The Bertz CT molecular complexity index is 2190. The van der Waals surface area contributed by atoms with Crippen LogP contribution in [0.1, 0.15) is 12.8 Å². The van der Waals surface area contributed by atoms with E-state index in [9.17, 15) is 117 Å². The molecule has 0 saturated carbocycles. The minimum absolute atomic E-state index is 0.0373. The molecular weight excluding hydrogens is 1240 g/mol. The second-order valence-electron chi connectivity index (χ2n) is 22.2. The van der Waals surface area contributed by atoms with Crippen molar-refractivity contribution in [2.75, 3.05) is 58.6 Å². The molecule has 36 atom stereocenters. The highest BCUT2D eigenvalue weighted by Gasteiger charge is 2.59. The van der Waals surface area contributed by atoms with Gasteiger partial charge < -0.3 is 183 Å². The number of carboxylic acid groups (broad SMARTS) is 2. The topological polar surface area (TPSA) is 618 Å². The van der Waals surface area contributed by atoms with E-state index in [1.807, 2.05) is 0 Å². The lowest BCUT2D eigenvalue weighted by molar-refractivity contribution is -0.397. The van der Waals surface area contributed by atoms with E-state index in [1.54, 1.807) is 0 Å². The van der Waals surface area contributed by atoms with E-state index in [0.717, 1.165) is 11.8 Å². The molecule has 14 bridgehead atoms. The molecule has 0 amide bonds. The smallest absolute Gasteiger partial charge is 0.317 e. The van der Waals surface area contributed by atoms with Crippen molar-refractivity contribution in [3.8, 4) is 0 Å². The fourth-order valence-corrected chi connectivity index (χ4v) is 12.3. The average molecular weight is 1330 g/mol. The Balaban J connectivity index is 1.08. The minimum atomic E-state index is -2.27. The van der Waals surface area contributed by atoms with Crippen LogP contribution in [0, 0.1) is 0 Å². The summed E-state index contributed by atoms with van der Waals surface area (Å²) in [5.74, 6) is -2.72. The van der Waals surface area contributed by atoms with Gasteiger partial charge in [0.2, 0.25) is 0 Å². The zero-order valence-corrected chi connectivity index (χ0v) is 47.6. The summed E-state index contributed by atoms with van der Waals surface area (Å²) in [7, 11) is 0. The van der Waals surface area contributed by atoms with E-state index >= 15 is 0 Å². The van der Waals surface area contributed by atoms with Gasteiger partial charge in [-0.15, -0.1) is 11.8 Å². The van der Waals surface area contributed by atoms with Gasteiger partial charge in [-0.2, -0.15) is 0 Å². The summed E-state index contributed by atoms with van der Waals surface area (Å²) in [4.78, 5) is 22.8. The fraction of sp³-hybridized carbons (Fsp3) is 0.959. The number of rotatable bonds is 16. The molecule has 21 rings (SSSR count). The Labute approximate surface area is 507 Å². The van der Waals surface area contributed by atoms with Crippen molar-refractivity contribution >= 4 is 23.7 Å². The number of carboxylic acids is 2. The largest absolute Gasteiger partial charge is 0.481 e. The zero-order valence-electron chi connectivity index (χ0n) is 46.7. The Morgan fingerprint density at radius 2 is 0.539 bits per heavy atom. The first kappa shape index (κ1) is 72.7. The number of thioether (sulfide) groups is 1. The molecule has 0 radical (unpaired) electrons. The van der Waals surface area contributed by atoms with E-state index in [0.29, 0.717) is 0 Å². The molecule has 0 aliphatic carbocycles. The maximum Gasteiger partial charge on any atom is 0.317 e. The lowest BCUT2D eigenvalue weighted by atomic mass is 9.95. The number of ether oxygens (including phenoxy) is 15. The normalized spacial score (nSPS) is 49.8. The van der Waals surface area contributed by atoms with E-state index in [4.69, 9.17) is 76.2 Å². The summed E-state index contributed by atoms with van der Waals surface area (Å²) >= 11 is 0.786. The molecule has 89 heavy (non-hydrogen) atoms. The zero-order chi connectivity index (χ0) is 65.0. The summed E-state index contributed by atoms with van der Waals surface area (Å²) in [5.41, 5.74) is 0. The molecule has 0 aromatic carbocycles. The molecular formula is C49H80O39S. The number of aliphatic carboxylic acids is 2. The van der Waals surface area contributed by atoms with Crippen LogP contribution >= 0.6 is 11.8 Å². The number of hydrogen-bond acceptors (Lipinski definition) is 38. The maximum atomic E-state index is 11.8. The van der Waals surface area contributed by atoms with Crippen molar-refractivity contribution < 1.29 is 193 Å². The summed E-state index contributed by atoms with van der Waals surface area (Å²) < 4.78 is 86.5. The van der Waals surface area contributed by atoms with E-state index < -0.39 is 285 Å². The first-order chi connectivity index (χ1) is 42.3. The van der Waals surface area contributed by atoms with Crippen LogP contribution in [0.2, 0.25) is 0 Å². The molecule has 516 valence electrons. The van der Waals surface area contributed by atoms with Crippen LogP contribution in [0.4, 0.5) is 0 Å². The minimum Gasteiger partial charge on any atom is -0.481 e. The van der Waals surface area contributed by atoms with Gasteiger partial charge in [-0.05, 0) is 12.2 Å². The summed E-state index contributed by atoms with van der Waals surface area (Å²) in [6.45, 7) is -7.36. The number of aliphatic hydroxyl groups excluding tert-OH is 20. The van der Waals surface area contributed by atoms with Crippen LogP contribution in [-0.2, 0) is 80.6 Å². The maximum absolute atomic E-state index is 11.8. The van der Waals surface area contributed by atoms with Crippen molar-refractivity contribution in [3.63, 3.8) is 0 Å². The quantitative estimate of drug-likeness (QED) is 0.0638. The summed E-state index contributed by atoms with van der Waals surface area (Å²) in [5, 5.41) is 240. The summed E-state index contributed by atoms with van der Waals surface area (Å²) in [6.07, 6.45) is -72.3. The monoisotopic (exact) mass is 1320 g/mol. The van der Waals surface area contributed by atoms with Crippen LogP contribution < -0.4 is 0 Å². The van der Waals surface area contributed by atoms with Crippen molar-refractivity contribution in [2.24, 2.45) is 0 Å². The average Bonchev–Trinajstić information content (AvgIpc) is 1.07. The fourth-order valence-electron chi connectivity index (χ4n) is 11.4. The van der Waals surface area contributed by atoms with E-state index in [2.05, 4.69) is 0 Å².